The Bertz CT molecular complexity index is 393. The topological polar surface area (TPSA) is 75.1 Å². The summed E-state index contributed by atoms with van der Waals surface area (Å²) in [4.78, 5) is 10.7. The fourth-order valence-corrected chi connectivity index (χ4v) is 1.36. The number of halogens is 1. The Kier molecular flexibility index (Phi) is 2.73. The number of nitrogens with zero attached hydrogens (tertiary/aromatic N) is 2. The lowest BCUT2D eigenvalue weighted by molar-refractivity contribution is 0.0696. The minimum absolute atomic E-state index is 0.0232. The molecule has 0 saturated heterocycles. The minimum atomic E-state index is -1.09. The number of hydrogen-bond acceptors (Lipinski definition) is 4. The van der Waals surface area contributed by atoms with E-state index >= 15 is 0 Å². The Labute approximate surface area is 91.5 Å². The summed E-state index contributed by atoms with van der Waals surface area (Å²) in [5.41, 5.74) is -0.0232. The van der Waals surface area contributed by atoms with Crippen LogP contribution < -0.4 is 5.32 Å². The van der Waals surface area contributed by atoms with Crippen LogP contribution in [0.15, 0.2) is 6.07 Å². The fourth-order valence-electron chi connectivity index (χ4n) is 1.18. The van der Waals surface area contributed by atoms with E-state index < -0.39 is 5.97 Å². The third kappa shape index (κ3) is 2.56. The van der Waals surface area contributed by atoms with Crippen LogP contribution in [0.2, 0.25) is 5.15 Å². The zero-order chi connectivity index (χ0) is 10.8. The summed E-state index contributed by atoms with van der Waals surface area (Å²) >= 11 is 5.58. The Morgan fingerprint density at radius 2 is 2.33 bits per heavy atom. The normalized spacial score (nSPS) is 15.0. The van der Waals surface area contributed by atoms with Crippen molar-refractivity contribution in [1.82, 2.24) is 10.2 Å². The van der Waals surface area contributed by atoms with Gasteiger partial charge in [0.2, 0.25) is 0 Å². The monoisotopic (exact) mass is 227 g/mol. The van der Waals surface area contributed by atoms with Crippen molar-refractivity contribution in [2.75, 3.05) is 11.9 Å². The van der Waals surface area contributed by atoms with Crippen LogP contribution in [-0.4, -0.2) is 27.8 Å². The summed E-state index contributed by atoms with van der Waals surface area (Å²) < 4.78 is 0. The van der Waals surface area contributed by atoms with Gasteiger partial charge >= 0.3 is 5.97 Å². The van der Waals surface area contributed by atoms with Gasteiger partial charge in [0, 0.05) is 12.6 Å². The maximum atomic E-state index is 10.7. The van der Waals surface area contributed by atoms with E-state index in [1.807, 2.05) is 0 Å². The van der Waals surface area contributed by atoms with Crippen molar-refractivity contribution in [3.8, 4) is 0 Å². The second kappa shape index (κ2) is 4.02. The first kappa shape index (κ1) is 10.2. The molecule has 5 nitrogen and oxygen atoms in total. The van der Waals surface area contributed by atoms with Crippen LogP contribution in [-0.2, 0) is 0 Å². The quantitative estimate of drug-likeness (QED) is 0.818. The van der Waals surface area contributed by atoms with E-state index in [1.54, 1.807) is 0 Å². The maximum Gasteiger partial charge on any atom is 0.339 e. The van der Waals surface area contributed by atoms with Crippen LogP contribution in [0.1, 0.15) is 23.2 Å². The molecular weight excluding hydrogens is 218 g/mol. The number of nitrogens with one attached hydrogen (secondary N) is 1. The highest BCUT2D eigenvalue weighted by Crippen LogP contribution is 2.28. The number of aromatic carboxylic acids is 1. The van der Waals surface area contributed by atoms with Crippen LogP contribution >= 0.6 is 11.6 Å². The first-order valence-corrected chi connectivity index (χ1v) is 5.05. The number of carbonyl (C=O) groups is 1. The molecule has 2 rings (SSSR count). The summed E-state index contributed by atoms with van der Waals surface area (Å²) in [5.74, 6) is 0.0591. The zero-order valence-corrected chi connectivity index (χ0v) is 8.66. The van der Waals surface area contributed by atoms with Crippen molar-refractivity contribution in [2.24, 2.45) is 5.92 Å². The molecule has 1 aliphatic carbocycles. The van der Waals surface area contributed by atoms with Gasteiger partial charge in [-0.05, 0) is 18.8 Å². The molecule has 1 fully saturated rings. The number of carboxylic acids is 1. The third-order valence-corrected chi connectivity index (χ3v) is 2.53. The number of anilines is 1. The van der Waals surface area contributed by atoms with Gasteiger partial charge in [0.1, 0.15) is 11.4 Å². The highest BCUT2D eigenvalue weighted by atomic mass is 35.5. The Morgan fingerprint density at radius 3 is 2.93 bits per heavy atom. The van der Waals surface area contributed by atoms with Gasteiger partial charge in [0.05, 0.1) is 0 Å². The predicted molar refractivity (Wildman–Crippen MR) is 55.2 cm³/mol. The van der Waals surface area contributed by atoms with Crippen molar-refractivity contribution < 1.29 is 9.90 Å². The third-order valence-electron chi connectivity index (χ3n) is 2.25. The molecule has 0 amide bonds. The summed E-state index contributed by atoms with van der Waals surface area (Å²) in [7, 11) is 0. The second-order valence-electron chi connectivity index (χ2n) is 3.56. The molecule has 0 aliphatic heterocycles. The van der Waals surface area contributed by atoms with Gasteiger partial charge in [-0.2, -0.15) is 0 Å². The van der Waals surface area contributed by atoms with Gasteiger partial charge in [-0.3, -0.25) is 0 Å². The van der Waals surface area contributed by atoms with E-state index in [9.17, 15) is 4.79 Å². The number of rotatable bonds is 4. The molecule has 0 aromatic carbocycles. The Balaban J connectivity index is 2.10. The number of aromatic nitrogens is 2. The van der Waals surface area contributed by atoms with E-state index in [0.717, 1.165) is 6.54 Å². The predicted octanol–water partition coefficient (Wildman–Crippen LogP) is 1.65. The highest BCUT2D eigenvalue weighted by molar-refractivity contribution is 6.32. The Hall–Kier alpha value is -1.36. The van der Waals surface area contributed by atoms with Gasteiger partial charge in [-0.25, -0.2) is 4.79 Å². The molecule has 0 unspecified atom stereocenters. The van der Waals surface area contributed by atoms with Crippen LogP contribution in [0.4, 0.5) is 5.82 Å². The summed E-state index contributed by atoms with van der Waals surface area (Å²) in [6.45, 7) is 0.815. The lowest BCUT2D eigenvalue weighted by Crippen LogP contribution is -2.08. The smallest absolute Gasteiger partial charge is 0.339 e. The molecule has 1 heterocycles. The molecule has 1 saturated carbocycles. The first-order valence-electron chi connectivity index (χ1n) is 4.67. The molecule has 0 bridgehead atoms. The summed E-state index contributed by atoms with van der Waals surface area (Å²) in [5, 5.41) is 19.1. The molecule has 80 valence electrons. The van der Waals surface area contributed by atoms with E-state index in [1.165, 1.54) is 18.9 Å². The highest BCUT2D eigenvalue weighted by Gasteiger charge is 2.21. The van der Waals surface area contributed by atoms with Gasteiger partial charge in [0.25, 0.3) is 0 Å². The molecule has 1 aromatic heterocycles. The molecule has 2 N–H and O–H groups in total. The SMILES string of the molecule is O=C(O)c1cc(NCC2CC2)nnc1Cl. The fraction of sp³-hybridized carbons (Fsp3) is 0.444. The van der Waals surface area contributed by atoms with Gasteiger partial charge in [-0.1, -0.05) is 11.6 Å². The molecule has 0 spiro atoms. The van der Waals surface area contributed by atoms with Gasteiger partial charge in [-0.15, -0.1) is 10.2 Å². The van der Waals surface area contributed by atoms with Crippen LogP contribution in [0.3, 0.4) is 0 Å². The van der Waals surface area contributed by atoms with E-state index in [-0.39, 0.29) is 10.7 Å². The van der Waals surface area contributed by atoms with Gasteiger partial charge < -0.3 is 10.4 Å². The zero-order valence-electron chi connectivity index (χ0n) is 7.90. The van der Waals surface area contributed by atoms with E-state index in [0.29, 0.717) is 11.7 Å². The minimum Gasteiger partial charge on any atom is -0.478 e. The molecule has 6 heteroatoms. The van der Waals surface area contributed by atoms with Crippen LogP contribution in [0.25, 0.3) is 0 Å². The standard InChI is InChI=1S/C9H10ClN3O2/c10-8-6(9(14)15)3-7(12-13-8)11-4-5-1-2-5/h3,5H,1-2,4H2,(H,11,12)(H,14,15). The lowest BCUT2D eigenvalue weighted by atomic mass is 10.3. The molecular formula is C9H10ClN3O2. The summed E-state index contributed by atoms with van der Waals surface area (Å²) in [6.07, 6.45) is 2.44. The van der Waals surface area contributed by atoms with E-state index in [4.69, 9.17) is 16.7 Å². The summed E-state index contributed by atoms with van der Waals surface area (Å²) in [6, 6.07) is 1.40. The van der Waals surface area contributed by atoms with Gasteiger partial charge in [0.15, 0.2) is 5.15 Å². The largest absolute Gasteiger partial charge is 0.478 e. The average Bonchev–Trinajstić information content (AvgIpc) is 3.00. The van der Waals surface area contributed by atoms with Crippen molar-refractivity contribution in [3.63, 3.8) is 0 Å². The van der Waals surface area contributed by atoms with E-state index in [2.05, 4.69) is 15.5 Å². The van der Waals surface area contributed by atoms with Crippen molar-refractivity contribution in [2.45, 2.75) is 12.8 Å². The van der Waals surface area contributed by atoms with Crippen molar-refractivity contribution >= 4 is 23.4 Å². The van der Waals surface area contributed by atoms with Crippen LogP contribution in [0, 0.1) is 5.92 Å². The first-order chi connectivity index (χ1) is 7.16. The Morgan fingerprint density at radius 1 is 1.60 bits per heavy atom. The molecule has 15 heavy (non-hydrogen) atoms. The average molecular weight is 228 g/mol. The second-order valence-corrected chi connectivity index (χ2v) is 3.92. The maximum absolute atomic E-state index is 10.7. The number of carboxylic acid groups (broad SMARTS) is 1. The number of hydrogen-bond donors (Lipinski definition) is 2. The molecule has 0 atom stereocenters. The van der Waals surface area contributed by atoms with Crippen molar-refractivity contribution in [1.29, 1.82) is 0 Å². The van der Waals surface area contributed by atoms with Crippen LogP contribution in [0.5, 0.6) is 0 Å². The van der Waals surface area contributed by atoms with Crippen molar-refractivity contribution in [3.05, 3.63) is 16.8 Å². The molecule has 0 radical (unpaired) electrons. The lowest BCUT2D eigenvalue weighted by Gasteiger charge is -2.04. The molecule has 1 aliphatic rings. The molecule has 1 aromatic rings.